The van der Waals surface area contributed by atoms with Gasteiger partial charge in [0.15, 0.2) is 11.6 Å². The molecular formula is C13H15F2N3. The Morgan fingerprint density at radius 1 is 1.17 bits per heavy atom. The molecule has 0 unspecified atom stereocenters. The summed E-state index contributed by atoms with van der Waals surface area (Å²) in [6.45, 7) is 5.83. The quantitative estimate of drug-likeness (QED) is 0.805. The lowest BCUT2D eigenvalue weighted by molar-refractivity contribution is 0.269. The summed E-state index contributed by atoms with van der Waals surface area (Å²) in [4.78, 5) is 3.94. The van der Waals surface area contributed by atoms with Crippen LogP contribution in [0.15, 0.2) is 12.1 Å². The Labute approximate surface area is 105 Å². The largest absolute Gasteiger partial charge is 0.364 e. The van der Waals surface area contributed by atoms with Crippen molar-refractivity contribution >= 4 is 5.69 Å². The Hall–Kier alpha value is -1.67. The van der Waals surface area contributed by atoms with Gasteiger partial charge in [0.2, 0.25) is 0 Å². The van der Waals surface area contributed by atoms with Crippen LogP contribution in [0.25, 0.3) is 0 Å². The van der Waals surface area contributed by atoms with E-state index in [1.165, 1.54) is 0 Å². The second-order valence-electron chi connectivity index (χ2n) is 4.32. The van der Waals surface area contributed by atoms with Gasteiger partial charge in [0.1, 0.15) is 5.69 Å². The van der Waals surface area contributed by atoms with Crippen molar-refractivity contribution in [3.05, 3.63) is 29.3 Å². The van der Waals surface area contributed by atoms with Gasteiger partial charge in [-0.05, 0) is 18.7 Å². The first-order chi connectivity index (χ1) is 8.65. The molecule has 0 aliphatic carbocycles. The standard InChI is InChI=1S/C13H15F2N3/c1-2-17-3-5-18(6-4-17)13-11(14)7-10(9-16)8-12(13)15/h7-8H,2-6H2,1H3. The molecule has 0 bridgehead atoms. The molecule has 1 aliphatic rings. The third-order valence-corrected chi connectivity index (χ3v) is 3.28. The first-order valence-electron chi connectivity index (χ1n) is 6.02. The van der Waals surface area contributed by atoms with E-state index in [1.54, 1.807) is 11.0 Å². The van der Waals surface area contributed by atoms with Crippen molar-refractivity contribution in [1.82, 2.24) is 4.90 Å². The highest BCUT2D eigenvalue weighted by Crippen LogP contribution is 2.25. The summed E-state index contributed by atoms with van der Waals surface area (Å²) in [5.74, 6) is -1.31. The molecule has 5 heteroatoms. The summed E-state index contributed by atoms with van der Waals surface area (Å²) >= 11 is 0. The van der Waals surface area contributed by atoms with Crippen molar-refractivity contribution in [1.29, 1.82) is 5.26 Å². The smallest absolute Gasteiger partial charge is 0.150 e. The van der Waals surface area contributed by atoms with Gasteiger partial charge in [-0.1, -0.05) is 6.92 Å². The molecule has 96 valence electrons. The maximum Gasteiger partial charge on any atom is 0.150 e. The van der Waals surface area contributed by atoms with Gasteiger partial charge in [0.25, 0.3) is 0 Å². The van der Waals surface area contributed by atoms with Crippen molar-refractivity contribution in [3.8, 4) is 6.07 Å². The zero-order valence-electron chi connectivity index (χ0n) is 10.3. The molecule has 0 atom stereocenters. The number of benzene rings is 1. The average molecular weight is 251 g/mol. The van der Waals surface area contributed by atoms with Gasteiger partial charge in [-0.2, -0.15) is 5.26 Å². The monoisotopic (exact) mass is 251 g/mol. The maximum atomic E-state index is 13.8. The van der Waals surface area contributed by atoms with Crippen LogP contribution in [-0.4, -0.2) is 37.6 Å². The number of nitriles is 1. The van der Waals surface area contributed by atoms with Crippen LogP contribution in [0.1, 0.15) is 12.5 Å². The first-order valence-corrected chi connectivity index (χ1v) is 6.02. The summed E-state index contributed by atoms with van der Waals surface area (Å²) in [5, 5.41) is 8.65. The van der Waals surface area contributed by atoms with E-state index < -0.39 is 11.6 Å². The van der Waals surface area contributed by atoms with Crippen molar-refractivity contribution in [3.63, 3.8) is 0 Å². The highest BCUT2D eigenvalue weighted by molar-refractivity contribution is 5.53. The normalized spacial score (nSPS) is 16.7. The number of hydrogen-bond acceptors (Lipinski definition) is 3. The number of rotatable bonds is 2. The number of halogens is 2. The highest BCUT2D eigenvalue weighted by atomic mass is 19.1. The molecule has 18 heavy (non-hydrogen) atoms. The van der Waals surface area contributed by atoms with Crippen molar-refractivity contribution in [2.45, 2.75) is 6.92 Å². The van der Waals surface area contributed by atoms with E-state index in [1.807, 2.05) is 0 Å². The molecular weight excluding hydrogens is 236 g/mol. The van der Waals surface area contributed by atoms with Crippen molar-refractivity contribution in [2.24, 2.45) is 0 Å². The van der Waals surface area contributed by atoms with Crippen LogP contribution in [0.5, 0.6) is 0 Å². The lowest BCUT2D eigenvalue weighted by atomic mass is 10.1. The van der Waals surface area contributed by atoms with E-state index in [4.69, 9.17) is 5.26 Å². The fourth-order valence-electron chi connectivity index (χ4n) is 2.22. The van der Waals surface area contributed by atoms with E-state index in [9.17, 15) is 8.78 Å². The Morgan fingerprint density at radius 3 is 2.17 bits per heavy atom. The van der Waals surface area contributed by atoms with E-state index >= 15 is 0 Å². The molecule has 0 amide bonds. The van der Waals surface area contributed by atoms with Crippen molar-refractivity contribution in [2.75, 3.05) is 37.6 Å². The van der Waals surface area contributed by atoms with Gasteiger partial charge in [-0.25, -0.2) is 8.78 Å². The molecule has 0 N–H and O–H groups in total. The zero-order valence-corrected chi connectivity index (χ0v) is 10.3. The minimum atomic E-state index is -0.656. The third-order valence-electron chi connectivity index (χ3n) is 3.28. The zero-order chi connectivity index (χ0) is 13.1. The lowest BCUT2D eigenvalue weighted by Gasteiger charge is -2.35. The van der Waals surface area contributed by atoms with Gasteiger partial charge in [0, 0.05) is 26.2 Å². The van der Waals surface area contributed by atoms with Crippen LogP contribution in [-0.2, 0) is 0 Å². The summed E-state index contributed by atoms with van der Waals surface area (Å²) in [6.07, 6.45) is 0. The number of anilines is 1. The van der Waals surface area contributed by atoms with Gasteiger partial charge in [0.05, 0.1) is 11.6 Å². The van der Waals surface area contributed by atoms with E-state index in [0.717, 1.165) is 31.8 Å². The van der Waals surface area contributed by atoms with Crippen molar-refractivity contribution < 1.29 is 8.78 Å². The average Bonchev–Trinajstić information content (AvgIpc) is 2.38. The first kappa shape index (κ1) is 12.8. The summed E-state index contributed by atoms with van der Waals surface area (Å²) in [7, 11) is 0. The number of likely N-dealkylation sites (N-methyl/N-ethyl adjacent to an activating group) is 1. The molecule has 1 aliphatic heterocycles. The summed E-state index contributed by atoms with van der Waals surface area (Å²) in [5.41, 5.74) is 0.00528. The number of hydrogen-bond donors (Lipinski definition) is 0. The third kappa shape index (κ3) is 2.44. The van der Waals surface area contributed by atoms with Crippen LogP contribution in [0, 0.1) is 23.0 Å². The molecule has 2 rings (SSSR count). The number of piperazine rings is 1. The summed E-state index contributed by atoms with van der Waals surface area (Å²) < 4.78 is 27.6. The molecule has 1 aromatic rings. The Kier molecular flexibility index (Phi) is 3.78. The molecule has 0 spiro atoms. The SMILES string of the molecule is CCN1CCN(c2c(F)cc(C#N)cc2F)CC1. The van der Waals surface area contributed by atoms with Crippen LogP contribution in [0.3, 0.4) is 0 Å². The van der Waals surface area contributed by atoms with E-state index in [2.05, 4.69) is 11.8 Å². The summed E-state index contributed by atoms with van der Waals surface area (Å²) in [6, 6.07) is 3.92. The van der Waals surface area contributed by atoms with Gasteiger partial charge in [-0.3, -0.25) is 0 Å². The molecule has 1 saturated heterocycles. The van der Waals surface area contributed by atoms with E-state index in [0.29, 0.717) is 13.1 Å². The molecule has 1 fully saturated rings. The minimum absolute atomic E-state index is 0.00949. The van der Waals surface area contributed by atoms with Crippen LogP contribution in [0.2, 0.25) is 0 Å². The van der Waals surface area contributed by atoms with E-state index in [-0.39, 0.29) is 11.3 Å². The molecule has 0 saturated carbocycles. The van der Waals surface area contributed by atoms with Gasteiger partial charge >= 0.3 is 0 Å². The topological polar surface area (TPSA) is 30.3 Å². The molecule has 1 heterocycles. The Bertz CT molecular complexity index is 451. The molecule has 0 aromatic heterocycles. The predicted molar refractivity (Wildman–Crippen MR) is 65.4 cm³/mol. The fourth-order valence-corrected chi connectivity index (χ4v) is 2.22. The van der Waals surface area contributed by atoms with Crippen LogP contribution < -0.4 is 4.90 Å². The Morgan fingerprint density at radius 2 is 1.72 bits per heavy atom. The molecule has 1 aromatic carbocycles. The second-order valence-corrected chi connectivity index (χ2v) is 4.32. The highest BCUT2D eigenvalue weighted by Gasteiger charge is 2.22. The van der Waals surface area contributed by atoms with Crippen LogP contribution >= 0.6 is 0 Å². The lowest BCUT2D eigenvalue weighted by Crippen LogP contribution is -2.46. The predicted octanol–water partition coefficient (Wildman–Crippen LogP) is 1.98. The number of nitrogens with zero attached hydrogens (tertiary/aromatic N) is 3. The molecule has 0 radical (unpaired) electrons. The van der Waals surface area contributed by atoms with Gasteiger partial charge in [-0.15, -0.1) is 0 Å². The minimum Gasteiger partial charge on any atom is -0.364 e. The maximum absolute atomic E-state index is 13.8. The van der Waals surface area contributed by atoms with Crippen LogP contribution in [0.4, 0.5) is 14.5 Å². The fraction of sp³-hybridized carbons (Fsp3) is 0.462. The van der Waals surface area contributed by atoms with Gasteiger partial charge < -0.3 is 9.80 Å². The Balaban J connectivity index is 2.22. The second kappa shape index (κ2) is 5.32. The molecule has 3 nitrogen and oxygen atoms in total.